The van der Waals surface area contributed by atoms with Crippen LogP contribution in [-0.2, 0) is 4.79 Å². The molecule has 7 heteroatoms. The number of carbonyl (C=O) groups is 2. The number of rotatable bonds is 4. The predicted octanol–water partition coefficient (Wildman–Crippen LogP) is 4.51. The number of piperidine rings is 1. The van der Waals surface area contributed by atoms with Crippen LogP contribution in [-0.4, -0.2) is 61.0 Å². The van der Waals surface area contributed by atoms with Crippen LogP contribution in [0.15, 0.2) is 30.5 Å². The molecule has 180 valence electrons. The van der Waals surface area contributed by atoms with Crippen LogP contribution in [0.5, 0.6) is 0 Å². The van der Waals surface area contributed by atoms with Crippen LogP contribution in [0.25, 0.3) is 0 Å². The zero-order chi connectivity index (χ0) is 24.0. The van der Waals surface area contributed by atoms with Gasteiger partial charge in [0, 0.05) is 58.1 Å². The van der Waals surface area contributed by atoms with Gasteiger partial charge in [0.05, 0.1) is 11.4 Å². The second kappa shape index (κ2) is 11.3. The minimum atomic E-state index is -0.123. The number of hydrogen-bond donors (Lipinski definition) is 2. The van der Waals surface area contributed by atoms with E-state index in [1.165, 1.54) is 0 Å². The molecule has 1 aromatic heterocycles. The van der Waals surface area contributed by atoms with Gasteiger partial charge in [0.1, 0.15) is 5.69 Å². The highest BCUT2D eigenvalue weighted by Gasteiger charge is 2.23. The average molecular weight is 454 g/mol. The van der Waals surface area contributed by atoms with Gasteiger partial charge in [-0.3, -0.25) is 9.59 Å². The lowest BCUT2D eigenvalue weighted by Gasteiger charge is -2.37. The van der Waals surface area contributed by atoms with Gasteiger partial charge in [-0.15, -0.1) is 0 Å². The van der Waals surface area contributed by atoms with Crippen molar-refractivity contribution in [3.05, 3.63) is 41.7 Å². The van der Waals surface area contributed by atoms with E-state index in [0.29, 0.717) is 5.69 Å². The van der Waals surface area contributed by atoms with E-state index in [4.69, 9.17) is 0 Å². The second-order valence-corrected chi connectivity index (χ2v) is 8.91. The first kappa shape index (κ1) is 24.7. The monoisotopic (exact) mass is 453 g/mol. The van der Waals surface area contributed by atoms with Crippen molar-refractivity contribution in [1.29, 1.82) is 0 Å². The Kier molecular flexibility index (Phi) is 8.42. The Bertz CT molecular complexity index is 938. The zero-order valence-corrected chi connectivity index (χ0v) is 20.8. The number of piperazine rings is 1. The second-order valence-electron chi connectivity index (χ2n) is 8.91. The molecule has 0 unspecified atom stereocenters. The summed E-state index contributed by atoms with van der Waals surface area (Å²) in [6, 6.07) is 8.16. The molecule has 0 spiro atoms. The van der Waals surface area contributed by atoms with Crippen molar-refractivity contribution >= 4 is 28.9 Å². The quantitative estimate of drug-likeness (QED) is 0.715. The first-order valence-corrected chi connectivity index (χ1v) is 12.3. The third-order valence-electron chi connectivity index (χ3n) is 6.52. The van der Waals surface area contributed by atoms with E-state index in [0.717, 1.165) is 80.7 Å². The topological polar surface area (TPSA) is 71.7 Å². The lowest BCUT2D eigenvalue weighted by molar-refractivity contribution is -0.129. The number of benzene rings is 1. The molecular formula is C26H39N5O2. The number of carbonyl (C=O) groups excluding carboxylic acids is 2. The first-order chi connectivity index (χ1) is 15.9. The van der Waals surface area contributed by atoms with Gasteiger partial charge in [0.15, 0.2) is 0 Å². The Morgan fingerprint density at radius 2 is 1.64 bits per heavy atom. The maximum atomic E-state index is 12.8. The maximum absolute atomic E-state index is 12.8. The van der Waals surface area contributed by atoms with E-state index in [1.807, 2.05) is 44.0 Å². The van der Waals surface area contributed by atoms with E-state index < -0.39 is 0 Å². The highest BCUT2D eigenvalue weighted by molar-refractivity contribution is 6.05. The third-order valence-corrected chi connectivity index (χ3v) is 6.52. The summed E-state index contributed by atoms with van der Waals surface area (Å²) in [4.78, 5) is 34.1. The summed E-state index contributed by atoms with van der Waals surface area (Å²) in [5, 5.41) is 3.12. The smallest absolute Gasteiger partial charge is 0.272 e. The van der Waals surface area contributed by atoms with E-state index in [9.17, 15) is 9.59 Å². The summed E-state index contributed by atoms with van der Waals surface area (Å²) in [5.41, 5.74) is 4.68. The summed E-state index contributed by atoms with van der Waals surface area (Å²) in [6.07, 6.45) is 4.15. The van der Waals surface area contributed by atoms with Crippen LogP contribution in [0, 0.1) is 12.8 Å². The molecule has 33 heavy (non-hydrogen) atoms. The highest BCUT2D eigenvalue weighted by atomic mass is 16.2. The molecule has 0 aliphatic carbocycles. The fourth-order valence-electron chi connectivity index (χ4n) is 4.44. The number of H-pyrrole nitrogens is 1. The SMILES string of the molecule is CC.CC(=O)N1CCN(c2ccc(NC(=O)c3cc(C)c[nH]3)c(N3CCC(C)CC3)c2)CC1. The molecular weight excluding hydrogens is 414 g/mol. The number of aromatic amines is 1. The normalized spacial score (nSPS) is 16.8. The molecule has 0 atom stereocenters. The molecule has 3 heterocycles. The number of nitrogens with one attached hydrogen (secondary N) is 2. The van der Waals surface area contributed by atoms with Gasteiger partial charge in [-0.25, -0.2) is 0 Å². The van der Waals surface area contributed by atoms with Crippen LogP contribution in [0.2, 0.25) is 0 Å². The Balaban J connectivity index is 0.00000149. The fourth-order valence-corrected chi connectivity index (χ4v) is 4.44. The van der Waals surface area contributed by atoms with Gasteiger partial charge in [-0.05, 0) is 55.5 Å². The van der Waals surface area contributed by atoms with Crippen LogP contribution in [0.4, 0.5) is 17.1 Å². The van der Waals surface area contributed by atoms with Gasteiger partial charge in [0.2, 0.25) is 5.91 Å². The standard InChI is InChI=1S/C24H33N5O2.C2H6/c1-17-6-8-29(9-7-17)23-15-20(28-12-10-27(11-13-28)19(3)30)4-5-21(23)26-24(31)22-14-18(2)16-25-22;1-2/h4-5,14-17,25H,6-13H2,1-3H3,(H,26,31);1-2H3. The molecule has 2 fully saturated rings. The summed E-state index contributed by atoms with van der Waals surface area (Å²) < 4.78 is 0. The number of aryl methyl sites for hydroxylation is 1. The third kappa shape index (κ3) is 6.09. The molecule has 2 aliphatic heterocycles. The predicted molar refractivity (Wildman–Crippen MR) is 136 cm³/mol. The lowest BCUT2D eigenvalue weighted by atomic mass is 9.98. The largest absolute Gasteiger partial charge is 0.370 e. The fraction of sp³-hybridized carbons (Fsp3) is 0.538. The summed E-state index contributed by atoms with van der Waals surface area (Å²) >= 11 is 0. The van der Waals surface area contributed by atoms with Crippen molar-refractivity contribution in [3.8, 4) is 0 Å². The summed E-state index contributed by atoms with van der Waals surface area (Å²) in [6.45, 7) is 15.0. The van der Waals surface area contributed by atoms with Crippen LogP contribution in [0.1, 0.15) is 56.6 Å². The van der Waals surface area contributed by atoms with Crippen LogP contribution in [0.3, 0.4) is 0 Å². The van der Waals surface area contributed by atoms with Crippen molar-refractivity contribution in [2.24, 2.45) is 5.92 Å². The zero-order valence-electron chi connectivity index (χ0n) is 20.8. The maximum Gasteiger partial charge on any atom is 0.272 e. The number of hydrogen-bond acceptors (Lipinski definition) is 4. The number of aromatic nitrogens is 1. The lowest BCUT2D eigenvalue weighted by Crippen LogP contribution is -2.48. The van der Waals surface area contributed by atoms with Gasteiger partial charge in [0.25, 0.3) is 5.91 Å². The molecule has 4 rings (SSSR count). The highest BCUT2D eigenvalue weighted by Crippen LogP contribution is 2.34. The van der Waals surface area contributed by atoms with Crippen molar-refractivity contribution < 1.29 is 9.59 Å². The van der Waals surface area contributed by atoms with Gasteiger partial charge < -0.3 is 25.0 Å². The molecule has 2 aromatic rings. The van der Waals surface area contributed by atoms with Gasteiger partial charge in [-0.1, -0.05) is 20.8 Å². The van der Waals surface area contributed by atoms with Gasteiger partial charge in [-0.2, -0.15) is 0 Å². The van der Waals surface area contributed by atoms with Crippen LogP contribution >= 0.6 is 0 Å². The Labute approximate surface area is 198 Å². The summed E-state index contributed by atoms with van der Waals surface area (Å²) in [5.74, 6) is 0.752. The Morgan fingerprint density at radius 1 is 0.970 bits per heavy atom. The van der Waals surface area contributed by atoms with E-state index in [2.05, 4.69) is 39.2 Å². The molecule has 0 saturated carbocycles. The number of anilines is 3. The molecule has 1 aromatic carbocycles. The molecule has 7 nitrogen and oxygen atoms in total. The average Bonchev–Trinajstić information content (AvgIpc) is 3.28. The molecule has 2 amide bonds. The number of amides is 2. The summed E-state index contributed by atoms with van der Waals surface area (Å²) in [7, 11) is 0. The Morgan fingerprint density at radius 3 is 2.21 bits per heavy atom. The van der Waals surface area contributed by atoms with E-state index in [1.54, 1.807) is 6.92 Å². The Hall–Kier alpha value is -2.96. The van der Waals surface area contributed by atoms with Crippen molar-refractivity contribution in [1.82, 2.24) is 9.88 Å². The molecule has 2 saturated heterocycles. The minimum absolute atomic E-state index is 0.123. The minimum Gasteiger partial charge on any atom is -0.370 e. The molecule has 0 bridgehead atoms. The van der Waals surface area contributed by atoms with E-state index >= 15 is 0 Å². The van der Waals surface area contributed by atoms with Crippen molar-refractivity contribution in [3.63, 3.8) is 0 Å². The number of nitrogens with zero attached hydrogens (tertiary/aromatic N) is 3. The molecule has 0 radical (unpaired) electrons. The van der Waals surface area contributed by atoms with Crippen molar-refractivity contribution in [2.45, 2.75) is 47.5 Å². The first-order valence-electron chi connectivity index (χ1n) is 12.3. The molecule has 2 N–H and O–H groups in total. The van der Waals surface area contributed by atoms with Crippen LogP contribution < -0.4 is 15.1 Å². The molecule has 2 aliphatic rings. The van der Waals surface area contributed by atoms with Crippen molar-refractivity contribution in [2.75, 3.05) is 54.4 Å². The van der Waals surface area contributed by atoms with E-state index in [-0.39, 0.29) is 11.8 Å². The van der Waals surface area contributed by atoms with Gasteiger partial charge >= 0.3 is 0 Å².